The number of carbonyl (C=O) groups excluding carboxylic acids is 1. The summed E-state index contributed by atoms with van der Waals surface area (Å²) in [5.74, 6) is -1.13. The fraction of sp³-hybridized carbons (Fsp3) is 0.111. The molecule has 6 heteroatoms. The minimum absolute atomic E-state index is 0.206. The summed E-state index contributed by atoms with van der Waals surface area (Å²) >= 11 is 3.37. The van der Waals surface area contributed by atoms with Crippen LogP contribution in [0.25, 0.3) is 6.08 Å². The van der Waals surface area contributed by atoms with Crippen molar-refractivity contribution in [3.05, 3.63) is 69.8 Å². The minimum Gasteiger partial charge on any atom is -0.488 e. The summed E-state index contributed by atoms with van der Waals surface area (Å²) in [4.78, 5) is 22.4. The van der Waals surface area contributed by atoms with Crippen molar-refractivity contribution >= 4 is 33.9 Å². The van der Waals surface area contributed by atoms with Gasteiger partial charge in [0.15, 0.2) is 0 Å². The van der Waals surface area contributed by atoms with Crippen LogP contribution in [0.2, 0.25) is 0 Å². The molecule has 2 rings (SSSR count). The van der Waals surface area contributed by atoms with Gasteiger partial charge in [0, 0.05) is 17.0 Å². The van der Waals surface area contributed by atoms with Crippen molar-refractivity contribution in [2.45, 2.75) is 13.5 Å². The molecule has 0 aromatic heterocycles. The average molecular weight is 390 g/mol. The topological polar surface area (TPSA) is 75.6 Å². The summed E-state index contributed by atoms with van der Waals surface area (Å²) in [7, 11) is 0. The van der Waals surface area contributed by atoms with Crippen LogP contribution < -0.4 is 10.1 Å². The number of hydrogen-bond acceptors (Lipinski definition) is 3. The van der Waals surface area contributed by atoms with E-state index < -0.39 is 11.9 Å². The maximum absolute atomic E-state index is 11.2. The normalized spacial score (nSPS) is 11.0. The molecule has 0 aliphatic heterocycles. The van der Waals surface area contributed by atoms with Crippen LogP contribution in [0.5, 0.6) is 5.75 Å². The number of carbonyl (C=O) groups is 2. The number of aliphatic carboxylic acids is 1. The van der Waals surface area contributed by atoms with Crippen molar-refractivity contribution in [3.63, 3.8) is 0 Å². The molecule has 0 saturated heterocycles. The van der Waals surface area contributed by atoms with E-state index in [9.17, 15) is 14.7 Å². The Morgan fingerprint density at radius 2 is 1.83 bits per heavy atom. The fourth-order valence-electron chi connectivity index (χ4n) is 1.97. The number of ether oxygens (including phenoxy) is 1. The summed E-state index contributed by atoms with van der Waals surface area (Å²) in [6.07, 6.45) is 1.38. The molecule has 24 heavy (non-hydrogen) atoms. The third-order valence-corrected chi connectivity index (χ3v) is 3.60. The first-order valence-electron chi connectivity index (χ1n) is 7.14. The summed E-state index contributed by atoms with van der Waals surface area (Å²) in [5, 5.41) is 11.5. The second kappa shape index (κ2) is 8.31. The van der Waals surface area contributed by atoms with Crippen LogP contribution in [0.1, 0.15) is 18.1 Å². The summed E-state index contributed by atoms with van der Waals surface area (Å²) < 4.78 is 6.77. The molecule has 2 aromatic carbocycles. The zero-order valence-electron chi connectivity index (χ0n) is 13.0. The van der Waals surface area contributed by atoms with Crippen LogP contribution >= 0.6 is 15.9 Å². The lowest BCUT2D eigenvalue weighted by Crippen LogP contribution is -2.24. The highest BCUT2D eigenvalue weighted by molar-refractivity contribution is 9.10. The molecule has 0 unspecified atom stereocenters. The Morgan fingerprint density at radius 1 is 1.17 bits per heavy atom. The van der Waals surface area contributed by atoms with Gasteiger partial charge in [-0.3, -0.25) is 4.79 Å². The number of amides is 1. The first-order valence-corrected chi connectivity index (χ1v) is 7.94. The van der Waals surface area contributed by atoms with E-state index in [4.69, 9.17) is 4.74 Å². The number of carboxylic acid groups (broad SMARTS) is 1. The number of rotatable bonds is 6. The van der Waals surface area contributed by atoms with E-state index in [1.165, 1.54) is 13.0 Å². The average Bonchev–Trinajstić information content (AvgIpc) is 2.54. The Kier molecular flexibility index (Phi) is 6.14. The molecule has 1 amide bonds. The quantitative estimate of drug-likeness (QED) is 0.740. The second-order valence-corrected chi connectivity index (χ2v) is 5.91. The number of benzene rings is 2. The molecule has 0 saturated carbocycles. The SMILES string of the molecule is CC(=O)N/C(=C/c1ccccc1OCc1ccc(Br)cc1)C(=O)O. The van der Waals surface area contributed by atoms with Crippen LogP contribution in [-0.2, 0) is 16.2 Å². The Balaban J connectivity index is 2.21. The first-order chi connectivity index (χ1) is 11.5. The highest BCUT2D eigenvalue weighted by Crippen LogP contribution is 2.22. The van der Waals surface area contributed by atoms with Crippen LogP contribution in [0.15, 0.2) is 58.7 Å². The third-order valence-electron chi connectivity index (χ3n) is 3.07. The van der Waals surface area contributed by atoms with Gasteiger partial charge >= 0.3 is 5.97 Å². The molecule has 0 atom stereocenters. The molecule has 0 fully saturated rings. The van der Waals surface area contributed by atoms with Crippen molar-refractivity contribution < 1.29 is 19.4 Å². The predicted octanol–water partition coefficient (Wildman–Crippen LogP) is 3.59. The van der Waals surface area contributed by atoms with Gasteiger partial charge in [-0.15, -0.1) is 0 Å². The number of para-hydroxylation sites is 1. The molecule has 0 radical (unpaired) electrons. The molecular formula is C18H16BrNO4. The molecule has 124 valence electrons. The van der Waals surface area contributed by atoms with E-state index in [1.54, 1.807) is 24.3 Å². The van der Waals surface area contributed by atoms with Gasteiger partial charge in [0.05, 0.1) is 0 Å². The highest BCUT2D eigenvalue weighted by Gasteiger charge is 2.11. The van der Waals surface area contributed by atoms with E-state index in [2.05, 4.69) is 21.2 Å². The second-order valence-electron chi connectivity index (χ2n) is 5.00. The van der Waals surface area contributed by atoms with Gasteiger partial charge in [-0.1, -0.05) is 46.3 Å². The molecule has 0 aliphatic carbocycles. The van der Waals surface area contributed by atoms with Crippen molar-refractivity contribution in [2.24, 2.45) is 0 Å². The molecule has 0 heterocycles. The van der Waals surface area contributed by atoms with Crippen LogP contribution in [0.4, 0.5) is 0 Å². The van der Waals surface area contributed by atoms with Gasteiger partial charge < -0.3 is 15.2 Å². The zero-order valence-corrected chi connectivity index (χ0v) is 14.5. The lowest BCUT2D eigenvalue weighted by molar-refractivity contribution is -0.134. The van der Waals surface area contributed by atoms with Gasteiger partial charge in [-0.25, -0.2) is 4.79 Å². The molecule has 2 aromatic rings. The molecule has 0 spiro atoms. The molecular weight excluding hydrogens is 374 g/mol. The van der Waals surface area contributed by atoms with Crippen molar-refractivity contribution in [1.82, 2.24) is 5.32 Å². The lowest BCUT2D eigenvalue weighted by Gasteiger charge is -2.10. The van der Waals surface area contributed by atoms with E-state index in [0.29, 0.717) is 17.9 Å². The van der Waals surface area contributed by atoms with Crippen molar-refractivity contribution in [1.29, 1.82) is 0 Å². The standard InChI is InChI=1S/C18H16BrNO4/c1-12(21)20-16(18(22)23)10-14-4-2-3-5-17(14)24-11-13-6-8-15(19)9-7-13/h2-10H,11H2,1H3,(H,20,21)(H,22,23)/b16-10+. The summed E-state index contributed by atoms with van der Waals surface area (Å²) in [6.45, 7) is 1.60. The largest absolute Gasteiger partial charge is 0.488 e. The third kappa shape index (κ3) is 5.24. The van der Waals surface area contributed by atoms with Crippen LogP contribution in [0, 0.1) is 0 Å². The zero-order chi connectivity index (χ0) is 17.5. The first kappa shape index (κ1) is 17.7. The van der Waals surface area contributed by atoms with E-state index in [0.717, 1.165) is 10.0 Å². The van der Waals surface area contributed by atoms with Gasteiger partial charge in [0.25, 0.3) is 0 Å². The number of hydrogen-bond donors (Lipinski definition) is 2. The lowest BCUT2D eigenvalue weighted by atomic mass is 10.1. The Morgan fingerprint density at radius 3 is 2.46 bits per heavy atom. The van der Waals surface area contributed by atoms with Crippen LogP contribution in [-0.4, -0.2) is 17.0 Å². The van der Waals surface area contributed by atoms with Gasteiger partial charge in [0.1, 0.15) is 18.1 Å². The maximum atomic E-state index is 11.2. The Labute approximate surface area is 148 Å². The van der Waals surface area contributed by atoms with E-state index in [1.807, 2.05) is 24.3 Å². The summed E-state index contributed by atoms with van der Waals surface area (Å²) in [5.41, 5.74) is 1.35. The van der Waals surface area contributed by atoms with E-state index >= 15 is 0 Å². The smallest absolute Gasteiger partial charge is 0.352 e. The molecule has 2 N–H and O–H groups in total. The Hall–Kier alpha value is -2.60. The van der Waals surface area contributed by atoms with Gasteiger partial charge in [-0.2, -0.15) is 0 Å². The van der Waals surface area contributed by atoms with Crippen LogP contribution in [0.3, 0.4) is 0 Å². The van der Waals surface area contributed by atoms with Crippen molar-refractivity contribution in [3.8, 4) is 5.75 Å². The van der Waals surface area contributed by atoms with Gasteiger partial charge in [0.2, 0.25) is 5.91 Å². The van der Waals surface area contributed by atoms with E-state index in [-0.39, 0.29) is 5.70 Å². The van der Waals surface area contributed by atoms with Crippen molar-refractivity contribution in [2.75, 3.05) is 0 Å². The molecule has 0 bridgehead atoms. The minimum atomic E-state index is -1.21. The monoisotopic (exact) mass is 389 g/mol. The Bertz CT molecular complexity index is 769. The number of halogens is 1. The fourth-order valence-corrected chi connectivity index (χ4v) is 2.23. The highest BCUT2D eigenvalue weighted by atomic mass is 79.9. The number of carboxylic acids is 1. The molecule has 5 nitrogen and oxygen atoms in total. The van der Waals surface area contributed by atoms with Gasteiger partial charge in [-0.05, 0) is 29.8 Å². The molecule has 0 aliphatic rings. The summed E-state index contributed by atoms with van der Waals surface area (Å²) in [6, 6.07) is 14.7. The number of nitrogens with one attached hydrogen (secondary N) is 1. The predicted molar refractivity (Wildman–Crippen MR) is 94.3 cm³/mol. The maximum Gasteiger partial charge on any atom is 0.352 e.